The maximum atomic E-state index is 12.1. The second-order valence-corrected chi connectivity index (χ2v) is 5.93. The number of hydrogen-bond acceptors (Lipinski definition) is 4. The first kappa shape index (κ1) is 16.5. The molecule has 0 aromatic carbocycles. The smallest absolute Gasteiger partial charge is 0.263 e. The molecule has 0 spiro atoms. The predicted molar refractivity (Wildman–Crippen MR) is 87.4 cm³/mol. The average molecular weight is 320 g/mol. The minimum absolute atomic E-state index is 0.119. The Morgan fingerprint density at radius 3 is 2.91 bits per heavy atom. The molecule has 2 aromatic heterocycles. The molecule has 0 saturated carbocycles. The summed E-state index contributed by atoms with van der Waals surface area (Å²) < 4.78 is 1.38. The lowest BCUT2D eigenvalue weighted by molar-refractivity contribution is 0.0950. The lowest BCUT2D eigenvalue weighted by atomic mass is 9.95. The van der Waals surface area contributed by atoms with E-state index in [1.807, 2.05) is 11.4 Å². The van der Waals surface area contributed by atoms with E-state index in [0.717, 1.165) is 6.42 Å². The summed E-state index contributed by atoms with van der Waals surface area (Å²) in [5, 5.41) is 16.0. The van der Waals surface area contributed by atoms with Crippen molar-refractivity contribution >= 4 is 17.2 Å². The number of rotatable bonds is 7. The van der Waals surface area contributed by atoms with Crippen LogP contribution in [0.3, 0.4) is 0 Å². The number of aryl methyl sites for hydroxylation is 1. The Kier molecular flexibility index (Phi) is 5.91. The number of nitrogens with one attached hydrogen (secondary N) is 1. The Labute approximate surface area is 133 Å². The van der Waals surface area contributed by atoms with Gasteiger partial charge in [0, 0.05) is 26.4 Å². The van der Waals surface area contributed by atoms with Crippen LogP contribution in [-0.4, -0.2) is 28.7 Å². The number of thiophene rings is 1. The van der Waals surface area contributed by atoms with Crippen LogP contribution in [-0.2, 0) is 7.05 Å². The van der Waals surface area contributed by atoms with Crippen molar-refractivity contribution in [3.8, 4) is 0 Å². The number of aliphatic hydroxyl groups is 1. The van der Waals surface area contributed by atoms with Gasteiger partial charge in [0.2, 0.25) is 0 Å². The molecule has 0 aliphatic carbocycles. The summed E-state index contributed by atoms with van der Waals surface area (Å²) in [5.41, 5.74) is 1.04. The topological polar surface area (TPSA) is 71.3 Å². The highest BCUT2D eigenvalue weighted by atomic mass is 32.1. The summed E-state index contributed by atoms with van der Waals surface area (Å²) in [6.45, 7) is 0.588. The molecule has 6 heteroatoms. The molecule has 2 rings (SSSR count). The molecule has 5 nitrogen and oxygen atoms in total. The molecule has 0 radical (unpaired) electrons. The number of pyridine rings is 1. The quantitative estimate of drug-likeness (QED) is 0.816. The molecule has 1 amide bonds. The molecule has 22 heavy (non-hydrogen) atoms. The van der Waals surface area contributed by atoms with Crippen molar-refractivity contribution in [2.24, 2.45) is 7.05 Å². The fourth-order valence-electron chi connectivity index (χ4n) is 2.37. The first-order chi connectivity index (χ1) is 10.6. The number of amides is 1. The van der Waals surface area contributed by atoms with Crippen LogP contribution in [0.2, 0.25) is 0 Å². The molecular weight excluding hydrogens is 300 g/mol. The van der Waals surface area contributed by atoms with E-state index in [1.54, 1.807) is 30.6 Å². The van der Waals surface area contributed by atoms with Gasteiger partial charge in [0.15, 0.2) is 0 Å². The normalized spacial score (nSPS) is 12.1. The maximum absolute atomic E-state index is 12.1. The minimum Gasteiger partial charge on any atom is -0.396 e. The monoisotopic (exact) mass is 320 g/mol. The second kappa shape index (κ2) is 7.91. The number of carbonyl (C=O) groups excluding carboxylic acids is 1. The Morgan fingerprint density at radius 1 is 1.41 bits per heavy atom. The molecule has 0 aliphatic rings. The molecule has 0 bridgehead atoms. The van der Waals surface area contributed by atoms with Crippen LogP contribution in [0.5, 0.6) is 0 Å². The third-order valence-corrected chi connectivity index (χ3v) is 4.34. The third-order valence-electron chi connectivity index (χ3n) is 3.64. The molecule has 2 heterocycles. The van der Waals surface area contributed by atoms with Gasteiger partial charge in [-0.1, -0.05) is 0 Å². The van der Waals surface area contributed by atoms with Crippen LogP contribution >= 0.6 is 11.3 Å². The first-order valence-corrected chi connectivity index (χ1v) is 8.14. The van der Waals surface area contributed by atoms with Gasteiger partial charge in [0.1, 0.15) is 5.56 Å². The summed E-state index contributed by atoms with van der Waals surface area (Å²) in [5.74, 6) is -0.135. The number of aromatic nitrogens is 1. The lowest BCUT2D eigenvalue weighted by Gasteiger charge is -2.15. The van der Waals surface area contributed by atoms with Crippen molar-refractivity contribution in [1.82, 2.24) is 9.88 Å². The van der Waals surface area contributed by atoms with E-state index in [9.17, 15) is 9.59 Å². The molecule has 118 valence electrons. The summed E-state index contributed by atoms with van der Waals surface area (Å²) in [7, 11) is 1.62. The van der Waals surface area contributed by atoms with E-state index in [1.165, 1.54) is 16.2 Å². The predicted octanol–water partition coefficient (Wildman–Crippen LogP) is 1.73. The standard InChI is InChI=1S/C16H20N2O3S/c1-18-8-2-3-14(16(18)21)15(20)17-7-4-12(5-9-19)13-6-10-22-11-13/h2-3,6,8,10-12,19H,4-5,7,9H2,1H3,(H,17,20). The van der Waals surface area contributed by atoms with Gasteiger partial charge in [-0.15, -0.1) is 0 Å². The largest absolute Gasteiger partial charge is 0.396 e. The fraction of sp³-hybridized carbons (Fsp3) is 0.375. The Hall–Kier alpha value is -1.92. The van der Waals surface area contributed by atoms with Crippen LogP contribution in [0.25, 0.3) is 0 Å². The zero-order valence-electron chi connectivity index (χ0n) is 12.5. The summed E-state index contributed by atoms with van der Waals surface area (Å²) in [4.78, 5) is 23.9. The van der Waals surface area contributed by atoms with Crippen molar-refractivity contribution in [2.75, 3.05) is 13.2 Å². The summed E-state index contributed by atoms with van der Waals surface area (Å²) in [6.07, 6.45) is 3.02. The van der Waals surface area contributed by atoms with Crippen molar-refractivity contribution < 1.29 is 9.90 Å². The van der Waals surface area contributed by atoms with Gasteiger partial charge in [-0.05, 0) is 53.3 Å². The first-order valence-electron chi connectivity index (χ1n) is 7.20. The van der Waals surface area contributed by atoms with Crippen molar-refractivity contribution in [1.29, 1.82) is 0 Å². The van der Waals surface area contributed by atoms with Crippen LogP contribution < -0.4 is 10.9 Å². The van der Waals surface area contributed by atoms with Crippen LogP contribution in [0.4, 0.5) is 0 Å². The van der Waals surface area contributed by atoms with Gasteiger partial charge < -0.3 is 15.0 Å². The Bertz CT molecular complexity index is 664. The van der Waals surface area contributed by atoms with Gasteiger partial charge in [-0.25, -0.2) is 0 Å². The Morgan fingerprint density at radius 2 is 2.23 bits per heavy atom. The number of aliphatic hydroxyl groups excluding tert-OH is 1. The van der Waals surface area contributed by atoms with E-state index in [4.69, 9.17) is 5.11 Å². The molecule has 1 unspecified atom stereocenters. The zero-order chi connectivity index (χ0) is 15.9. The summed E-state index contributed by atoms with van der Waals surface area (Å²) >= 11 is 1.62. The molecule has 2 aromatic rings. The SMILES string of the molecule is Cn1cccc(C(=O)NCCC(CCO)c2ccsc2)c1=O. The van der Waals surface area contributed by atoms with Crippen LogP contribution in [0, 0.1) is 0 Å². The maximum Gasteiger partial charge on any atom is 0.263 e. The average Bonchev–Trinajstić information content (AvgIpc) is 3.03. The third kappa shape index (κ3) is 4.05. The van der Waals surface area contributed by atoms with E-state index in [0.29, 0.717) is 13.0 Å². The lowest BCUT2D eigenvalue weighted by Crippen LogP contribution is -2.32. The van der Waals surface area contributed by atoms with E-state index in [-0.39, 0.29) is 29.6 Å². The molecule has 0 fully saturated rings. The zero-order valence-corrected chi connectivity index (χ0v) is 13.3. The van der Waals surface area contributed by atoms with Gasteiger partial charge in [0.05, 0.1) is 0 Å². The molecule has 0 saturated heterocycles. The van der Waals surface area contributed by atoms with E-state index >= 15 is 0 Å². The highest BCUT2D eigenvalue weighted by Gasteiger charge is 2.14. The molecule has 2 N–H and O–H groups in total. The second-order valence-electron chi connectivity index (χ2n) is 5.15. The van der Waals surface area contributed by atoms with Gasteiger partial charge in [-0.3, -0.25) is 9.59 Å². The highest BCUT2D eigenvalue weighted by Crippen LogP contribution is 2.24. The number of hydrogen-bond donors (Lipinski definition) is 2. The molecular formula is C16H20N2O3S. The van der Waals surface area contributed by atoms with Crippen molar-refractivity contribution in [3.05, 3.63) is 56.6 Å². The molecule has 0 aliphatic heterocycles. The van der Waals surface area contributed by atoms with Crippen molar-refractivity contribution in [3.63, 3.8) is 0 Å². The van der Waals surface area contributed by atoms with Crippen LogP contribution in [0.1, 0.15) is 34.7 Å². The highest BCUT2D eigenvalue weighted by molar-refractivity contribution is 7.07. The number of nitrogens with zero attached hydrogens (tertiary/aromatic N) is 1. The number of carbonyl (C=O) groups is 1. The van der Waals surface area contributed by atoms with E-state index < -0.39 is 0 Å². The Balaban J connectivity index is 1.93. The molecule has 1 atom stereocenters. The van der Waals surface area contributed by atoms with Crippen LogP contribution in [0.15, 0.2) is 40.0 Å². The fourth-order valence-corrected chi connectivity index (χ4v) is 3.11. The minimum atomic E-state index is -0.353. The van der Waals surface area contributed by atoms with Gasteiger partial charge >= 0.3 is 0 Å². The summed E-state index contributed by atoms with van der Waals surface area (Å²) in [6, 6.07) is 5.25. The van der Waals surface area contributed by atoms with E-state index in [2.05, 4.69) is 10.7 Å². The van der Waals surface area contributed by atoms with Crippen molar-refractivity contribution in [2.45, 2.75) is 18.8 Å². The van der Waals surface area contributed by atoms with Gasteiger partial charge in [0.25, 0.3) is 11.5 Å². The van der Waals surface area contributed by atoms with Gasteiger partial charge in [-0.2, -0.15) is 11.3 Å².